The van der Waals surface area contributed by atoms with Crippen LogP contribution in [-0.2, 0) is 17.8 Å². The highest BCUT2D eigenvalue weighted by Gasteiger charge is 2.27. The lowest BCUT2D eigenvalue weighted by Gasteiger charge is -2.33. The summed E-state index contributed by atoms with van der Waals surface area (Å²) in [5.74, 6) is 0.145. The van der Waals surface area contributed by atoms with E-state index in [-0.39, 0.29) is 12.0 Å². The molecule has 0 radical (unpaired) electrons. The van der Waals surface area contributed by atoms with Gasteiger partial charge in [-0.2, -0.15) is 0 Å². The molecule has 0 aliphatic carbocycles. The lowest BCUT2D eigenvalue weighted by molar-refractivity contribution is -0.134. The number of fused-ring (bicyclic) bond motifs is 3. The number of β-amino-alcohol motifs (C(OH)–C–C–N with tert-alkyl or cyclic N) is 1. The normalized spacial score (nSPS) is 21.9. The molecule has 2 aliphatic rings. The molecule has 2 N–H and O–H groups in total. The number of aromatic nitrogens is 1. The molecular weight excluding hydrogens is 326 g/mol. The fourth-order valence-corrected chi connectivity index (χ4v) is 4.10. The Labute approximate surface area is 146 Å². The Balaban J connectivity index is 1.50. The summed E-state index contributed by atoms with van der Waals surface area (Å²) in [4.78, 5) is 20.1. The number of benzene rings is 1. The SMILES string of the molecule is O=C(CN1CCC[C@@H](O)C1)N1CCc2[nH]c3c(Cl)cccc3c2C1. The molecule has 1 amide bonds. The number of piperidine rings is 1. The van der Waals surface area contributed by atoms with Crippen molar-refractivity contribution in [2.75, 3.05) is 26.2 Å². The summed E-state index contributed by atoms with van der Waals surface area (Å²) in [6.07, 6.45) is 2.33. The summed E-state index contributed by atoms with van der Waals surface area (Å²) >= 11 is 6.28. The first kappa shape index (κ1) is 15.9. The number of H-pyrrole nitrogens is 1. The highest BCUT2D eigenvalue weighted by atomic mass is 35.5. The number of carbonyl (C=O) groups is 1. The molecule has 4 rings (SSSR count). The van der Waals surface area contributed by atoms with Crippen LogP contribution in [0.15, 0.2) is 18.2 Å². The number of amides is 1. The third kappa shape index (κ3) is 2.92. The predicted molar refractivity (Wildman–Crippen MR) is 94.1 cm³/mol. The van der Waals surface area contributed by atoms with Gasteiger partial charge in [0.05, 0.1) is 23.2 Å². The second-order valence-corrected chi connectivity index (χ2v) is 7.25. The molecule has 0 saturated carbocycles. The number of aromatic amines is 1. The average Bonchev–Trinajstić information content (AvgIpc) is 2.94. The smallest absolute Gasteiger partial charge is 0.237 e. The highest BCUT2D eigenvalue weighted by Crippen LogP contribution is 2.31. The van der Waals surface area contributed by atoms with Crippen LogP contribution in [0.5, 0.6) is 0 Å². The second-order valence-electron chi connectivity index (χ2n) is 6.84. The van der Waals surface area contributed by atoms with Gasteiger partial charge in [0, 0.05) is 42.7 Å². The number of likely N-dealkylation sites (tertiary alicyclic amines) is 1. The summed E-state index contributed by atoms with van der Waals surface area (Å²) in [5.41, 5.74) is 3.35. The van der Waals surface area contributed by atoms with Crippen LogP contribution in [-0.4, -0.2) is 58.1 Å². The number of aliphatic hydroxyl groups is 1. The first-order valence-corrected chi connectivity index (χ1v) is 8.96. The maximum absolute atomic E-state index is 12.7. The van der Waals surface area contributed by atoms with Crippen molar-refractivity contribution in [2.45, 2.75) is 31.9 Å². The second kappa shape index (κ2) is 6.39. The van der Waals surface area contributed by atoms with Crippen LogP contribution in [0.1, 0.15) is 24.1 Å². The Morgan fingerprint density at radius 3 is 3.08 bits per heavy atom. The summed E-state index contributed by atoms with van der Waals surface area (Å²) in [6, 6.07) is 5.90. The first-order valence-electron chi connectivity index (χ1n) is 8.58. The Morgan fingerprint density at radius 1 is 1.38 bits per heavy atom. The minimum atomic E-state index is -0.296. The van der Waals surface area contributed by atoms with E-state index in [0.717, 1.165) is 48.3 Å². The summed E-state index contributed by atoms with van der Waals surface area (Å²) in [6.45, 7) is 3.26. The molecule has 1 aromatic carbocycles. The van der Waals surface area contributed by atoms with E-state index in [4.69, 9.17) is 11.6 Å². The van der Waals surface area contributed by atoms with E-state index in [9.17, 15) is 9.90 Å². The van der Waals surface area contributed by atoms with Crippen molar-refractivity contribution >= 4 is 28.4 Å². The molecule has 5 nitrogen and oxygen atoms in total. The molecule has 0 unspecified atom stereocenters. The number of para-hydroxylation sites is 1. The van der Waals surface area contributed by atoms with Crippen LogP contribution in [0.25, 0.3) is 10.9 Å². The third-order valence-corrected chi connectivity index (χ3v) is 5.47. The van der Waals surface area contributed by atoms with Crippen molar-refractivity contribution in [3.05, 3.63) is 34.5 Å². The molecule has 1 aromatic heterocycles. The van der Waals surface area contributed by atoms with Gasteiger partial charge in [-0.25, -0.2) is 0 Å². The van der Waals surface area contributed by atoms with E-state index < -0.39 is 0 Å². The number of nitrogens with one attached hydrogen (secondary N) is 1. The predicted octanol–water partition coefficient (Wildman–Crippen LogP) is 2.16. The van der Waals surface area contributed by atoms with Crippen LogP contribution in [0.3, 0.4) is 0 Å². The first-order chi connectivity index (χ1) is 11.6. The van der Waals surface area contributed by atoms with Crippen molar-refractivity contribution in [3.8, 4) is 0 Å². The van der Waals surface area contributed by atoms with Crippen molar-refractivity contribution < 1.29 is 9.90 Å². The zero-order valence-corrected chi connectivity index (χ0v) is 14.4. The zero-order chi connectivity index (χ0) is 16.7. The fourth-order valence-electron chi connectivity index (χ4n) is 3.88. The van der Waals surface area contributed by atoms with Crippen molar-refractivity contribution in [1.29, 1.82) is 0 Å². The molecule has 2 aromatic rings. The molecule has 2 aliphatic heterocycles. The van der Waals surface area contributed by atoms with Gasteiger partial charge in [0.25, 0.3) is 0 Å². The molecule has 1 saturated heterocycles. The van der Waals surface area contributed by atoms with Crippen molar-refractivity contribution in [3.63, 3.8) is 0 Å². The number of halogens is 1. The van der Waals surface area contributed by atoms with Crippen molar-refractivity contribution in [1.82, 2.24) is 14.8 Å². The van der Waals surface area contributed by atoms with Crippen LogP contribution in [0.2, 0.25) is 5.02 Å². The third-order valence-electron chi connectivity index (χ3n) is 5.15. The van der Waals surface area contributed by atoms with E-state index in [2.05, 4.69) is 16.0 Å². The molecule has 6 heteroatoms. The van der Waals surface area contributed by atoms with Gasteiger partial charge in [0.15, 0.2) is 0 Å². The fraction of sp³-hybridized carbons (Fsp3) is 0.500. The molecule has 1 atom stereocenters. The number of carbonyl (C=O) groups excluding carboxylic acids is 1. The molecule has 3 heterocycles. The van der Waals surface area contributed by atoms with Crippen molar-refractivity contribution in [2.24, 2.45) is 0 Å². The van der Waals surface area contributed by atoms with Crippen LogP contribution in [0, 0.1) is 0 Å². The molecular formula is C18H22ClN3O2. The standard InChI is InChI=1S/C18H22ClN3O2/c19-15-5-1-4-13-14-10-22(8-6-16(14)20-18(13)15)17(24)11-21-7-2-3-12(23)9-21/h1,4-5,12,20,23H,2-3,6-11H2/t12-/m1/s1. The molecule has 1 fully saturated rings. The van der Waals surface area contributed by atoms with Gasteiger partial charge in [0.1, 0.15) is 0 Å². The number of aliphatic hydroxyl groups excluding tert-OH is 1. The van der Waals surface area contributed by atoms with E-state index in [1.54, 1.807) is 0 Å². The Bertz CT molecular complexity index is 773. The summed E-state index contributed by atoms with van der Waals surface area (Å²) < 4.78 is 0. The number of hydrogen-bond donors (Lipinski definition) is 2. The molecule has 128 valence electrons. The van der Waals surface area contributed by atoms with Gasteiger partial charge in [-0.05, 0) is 25.5 Å². The number of hydrogen-bond acceptors (Lipinski definition) is 3. The van der Waals surface area contributed by atoms with Gasteiger partial charge < -0.3 is 15.0 Å². The monoisotopic (exact) mass is 347 g/mol. The van der Waals surface area contributed by atoms with E-state index in [0.29, 0.717) is 19.6 Å². The van der Waals surface area contributed by atoms with Gasteiger partial charge in [-0.15, -0.1) is 0 Å². The Hall–Kier alpha value is -1.56. The lowest BCUT2D eigenvalue weighted by atomic mass is 10.0. The Morgan fingerprint density at radius 2 is 2.25 bits per heavy atom. The zero-order valence-electron chi connectivity index (χ0n) is 13.6. The van der Waals surface area contributed by atoms with E-state index in [1.807, 2.05) is 17.0 Å². The summed E-state index contributed by atoms with van der Waals surface area (Å²) in [5, 5.41) is 11.6. The average molecular weight is 348 g/mol. The van der Waals surface area contributed by atoms with Crippen LogP contribution in [0.4, 0.5) is 0 Å². The van der Waals surface area contributed by atoms with Gasteiger partial charge in [-0.3, -0.25) is 9.69 Å². The van der Waals surface area contributed by atoms with E-state index >= 15 is 0 Å². The number of nitrogens with zero attached hydrogens (tertiary/aromatic N) is 2. The maximum atomic E-state index is 12.7. The lowest BCUT2D eigenvalue weighted by Crippen LogP contribution is -2.46. The summed E-state index contributed by atoms with van der Waals surface area (Å²) in [7, 11) is 0. The maximum Gasteiger partial charge on any atom is 0.237 e. The molecule has 0 bridgehead atoms. The number of rotatable bonds is 2. The largest absolute Gasteiger partial charge is 0.392 e. The topological polar surface area (TPSA) is 59.6 Å². The van der Waals surface area contributed by atoms with E-state index in [1.165, 1.54) is 11.3 Å². The highest BCUT2D eigenvalue weighted by molar-refractivity contribution is 6.35. The molecule has 0 spiro atoms. The minimum absolute atomic E-state index is 0.145. The van der Waals surface area contributed by atoms with Gasteiger partial charge in [-0.1, -0.05) is 23.7 Å². The minimum Gasteiger partial charge on any atom is -0.392 e. The van der Waals surface area contributed by atoms with Crippen LogP contribution < -0.4 is 0 Å². The Kier molecular flexibility index (Phi) is 4.24. The quantitative estimate of drug-likeness (QED) is 0.875. The van der Waals surface area contributed by atoms with Crippen LogP contribution >= 0.6 is 11.6 Å². The van der Waals surface area contributed by atoms with Gasteiger partial charge >= 0.3 is 0 Å². The molecule has 24 heavy (non-hydrogen) atoms. The van der Waals surface area contributed by atoms with Gasteiger partial charge in [0.2, 0.25) is 5.91 Å².